The summed E-state index contributed by atoms with van der Waals surface area (Å²) in [6.07, 6.45) is 2.00. The number of aryl methyl sites for hydroxylation is 2. The molecule has 0 radical (unpaired) electrons. The molecule has 6 heteroatoms. The summed E-state index contributed by atoms with van der Waals surface area (Å²) in [6.45, 7) is 8.23. The number of rotatable bonds is 5. The molecule has 1 unspecified atom stereocenters. The van der Waals surface area contributed by atoms with Gasteiger partial charge >= 0.3 is 0 Å². The molecule has 1 aliphatic carbocycles. The van der Waals surface area contributed by atoms with Gasteiger partial charge in [-0.3, -0.25) is 9.78 Å². The molecule has 1 saturated heterocycles. The Balaban J connectivity index is 1.72. The SMILES string of the molecule is Cc1cc(-c2c(F)cc(N3CCOC(C)C3)cc2CNC(=O)C2CC2)cc(C)n1. The number of hydrogen-bond acceptors (Lipinski definition) is 4. The van der Waals surface area contributed by atoms with Crippen LogP contribution in [0.15, 0.2) is 24.3 Å². The lowest BCUT2D eigenvalue weighted by atomic mass is 9.97. The average molecular weight is 397 g/mol. The molecule has 2 heterocycles. The summed E-state index contributed by atoms with van der Waals surface area (Å²) in [7, 11) is 0. The molecule has 2 fully saturated rings. The molecule has 2 aromatic rings. The molecular weight excluding hydrogens is 369 g/mol. The number of halogens is 1. The van der Waals surface area contributed by atoms with Gasteiger partial charge in [-0.15, -0.1) is 0 Å². The molecule has 1 N–H and O–H groups in total. The molecule has 154 valence electrons. The molecule has 1 atom stereocenters. The van der Waals surface area contributed by atoms with E-state index in [0.29, 0.717) is 18.7 Å². The maximum atomic E-state index is 15.4. The van der Waals surface area contributed by atoms with Crippen molar-refractivity contribution < 1.29 is 13.9 Å². The van der Waals surface area contributed by atoms with E-state index in [1.807, 2.05) is 39.0 Å². The molecule has 1 saturated carbocycles. The first-order valence-electron chi connectivity index (χ1n) is 10.3. The van der Waals surface area contributed by atoms with Gasteiger partial charge in [0.2, 0.25) is 5.91 Å². The second-order valence-corrected chi connectivity index (χ2v) is 8.22. The van der Waals surface area contributed by atoms with E-state index < -0.39 is 0 Å². The fraction of sp³-hybridized carbons (Fsp3) is 0.478. The third-order valence-electron chi connectivity index (χ3n) is 5.53. The number of carbonyl (C=O) groups is 1. The highest BCUT2D eigenvalue weighted by atomic mass is 19.1. The molecule has 1 amide bonds. The van der Waals surface area contributed by atoms with E-state index in [1.54, 1.807) is 6.07 Å². The summed E-state index contributed by atoms with van der Waals surface area (Å²) in [4.78, 5) is 18.8. The Morgan fingerprint density at radius 2 is 1.97 bits per heavy atom. The zero-order valence-electron chi connectivity index (χ0n) is 17.3. The smallest absolute Gasteiger partial charge is 0.223 e. The van der Waals surface area contributed by atoms with E-state index in [9.17, 15) is 4.79 Å². The number of carbonyl (C=O) groups excluding carboxylic acids is 1. The highest BCUT2D eigenvalue weighted by Crippen LogP contribution is 2.33. The fourth-order valence-corrected chi connectivity index (χ4v) is 4.00. The van der Waals surface area contributed by atoms with Gasteiger partial charge in [0.15, 0.2) is 0 Å². The maximum Gasteiger partial charge on any atom is 0.223 e. The van der Waals surface area contributed by atoms with E-state index in [4.69, 9.17) is 4.74 Å². The third-order valence-corrected chi connectivity index (χ3v) is 5.53. The van der Waals surface area contributed by atoms with Crippen molar-refractivity contribution in [3.63, 3.8) is 0 Å². The minimum atomic E-state index is -0.276. The number of aromatic nitrogens is 1. The van der Waals surface area contributed by atoms with Gasteiger partial charge in [-0.1, -0.05) is 0 Å². The van der Waals surface area contributed by atoms with Crippen molar-refractivity contribution in [2.75, 3.05) is 24.6 Å². The monoisotopic (exact) mass is 397 g/mol. The van der Waals surface area contributed by atoms with E-state index in [-0.39, 0.29) is 23.7 Å². The number of benzene rings is 1. The van der Waals surface area contributed by atoms with Gasteiger partial charge in [0.25, 0.3) is 0 Å². The molecule has 0 bridgehead atoms. The fourth-order valence-electron chi connectivity index (χ4n) is 4.00. The lowest BCUT2D eigenvalue weighted by Crippen LogP contribution is -2.41. The molecule has 2 aliphatic rings. The molecule has 4 rings (SSSR count). The Kier molecular flexibility index (Phi) is 5.54. The van der Waals surface area contributed by atoms with Gasteiger partial charge < -0.3 is 15.0 Å². The van der Waals surface area contributed by atoms with Crippen molar-refractivity contribution in [3.05, 3.63) is 47.0 Å². The van der Waals surface area contributed by atoms with Crippen molar-refractivity contribution in [1.29, 1.82) is 0 Å². The first-order chi connectivity index (χ1) is 13.9. The average Bonchev–Trinajstić information content (AvgIpc) is 3.50. The number of amides is 1. The molecule has 29 heavy (non-hydrogen) atoms. The Morgan fingerprint density at radius 1 is 1.24 bits per heavy atom. The van der Waals surface area contributed by atoms with Gasteiger partial charge in [0.1, 0.15) is 5.82 Å². The molecule has 1 aromatic heterocycles. The predicted molar refractivity (Wildman–Crippen MR) is 111 cm³/mol. The van der Waals surface area contributed by atoms with Gasteiger partial charge in [-0.25, -0.2) is 4.39 Å². The van der Waals surface area contributed by atoms with Crippen molar-refractivity contribution in [2.45, 2.75) is 46.3 Å². The summed E-state index contributed by atoms with van der Waals surface area (Å²) in [5.74, 6) is -0.0943. The zero-order valence-corrected chi connectivity index (χ0v) is 17.3. The first-order valence-corrected chi connectivity index (χ1v) is 10.3. The van der Waals surface area contributed by atoms with Crippen molar-refractivity contribution >= 4 is 11.6 Å². The number of nitrogens with one attached hydrogen (secondary N) is 1. The Hall–Kier alpha value is -2.47. The van der Waals surface area contributed by atoms with Crippen molar-refractivity contribution in [2.24, 2.45) is 5.92 Å². The number of nitrogens with zero attached hydrogens (tertiary/aromatic N) is 2. The quantitative estimate of drug-likeness (QED) is 0.835. The first kappa shape index (κ1) is 19.8. The van der Waals surface area contributed by atoms with Crippen LogP contribution in [0, 0.1) is 25.6 Å². The summed E-state index contributed by atoms with van der Waals surface area (Å²) >= 11 is 0. The van der Waals surface area contributed by atoms with E-state index in [0.717, 1.165) is 54.1 Å². The maximum absolute atomic E-state index is 15.4. The van der Waals surface area contributed by atoms with Crippen molar-refractivity contribution in [1.82, 2.24) is 10.3 Å². The Bertz CT molecular complexity index is 906. The lowest BCUT2D eigenvalue weighted by molar-refractivity contribution is -0.122. The van der Waals surface area contributed by atoms with Gasteiger partial charge in [0, 0.05) is 48.2 Å². The van der Waals surface area contributed by atoms with Crippen LogP contribution in [0.1, 0.15) is 36.7 Å². The van der Waals surface area contributed by atoms with Crippen LogP contribution in [0.4, 0.5) is 10.1 Å². The van der Waals surface area contributed by atoms with Gasteiger partial charge in [-0.2, -0.15) is 0 Å². The lowest BCUT2D eigenvalue weighted by Gasteiger charge is -2.33. The van der Waals surface area contributed by atoms with Crippen LogP contribution in [0.5, 0.6) is 0 Å². The van der Waals surface area contributed by atoms with E-state index >= 15 is 4.39 Å². The standard InChI is InChI=1S/C23H28FN3O2/c1-14-8-18(9-15(2)26-14)22-19(12-25-23(28)17-4-5-17)10-20(11-21(22)24)27-6-7-29-16(3)13-27/h8-11,16-17H,4-7,12-13H2,1-3H3,(H,25,28). The van der Waals surface area contributed by atoms with Gasteiger partial charge in [0.05, 0.1) is 12.7 Å². The van der Waals surface area contributed by atoms with Gasteiger partial charge in [-0.05, 0) is 69.0 Å². The van der Waals surface area contributed by atoms with Crippen LogP contribution in [-0.4, -0.2) is 36.7 Å². The highest BCUT2D eigenvalue weighted by Gasteiger charge is 2.29. The highest BCUT2D eigenvalue weighted by molar-refractivity contribution is 5.81. The number of anilines is 1. The number of ether oxygens (including phenoxy) is 1. The Labute approximate surface area is 171 Å². The van der Waals surface area contributed by atoms with Crippen LogP contribution in [0.3, 0.4) is 0 Å². The van der Waals surface area contributed by atoms with Crippen LogP contribution in [-0.2, 0) is 16.1 Å². The number of hydrogen-bond donors (Lipinski definition) is 1. The minimum absolute atomic E-state index is 0.0591. The molecular formula is C23H28FN3O2. The molecule has 5 nitrogen and oxygen atoms in total. The summed E-state index contributed by atoms with van der Waals surface area (Å²) in [6, 6.07) is 7.40. The normalized spacial score (nSPS) is 19.3. The summed E-state index contributed by atoms with van der Waals surface area (Å²) in [5, 5.41) is 3.00. The zero-order chi connectivity index (χ0) is 20.5. The second kappa shape index (κ2) is 8.11. The topological polar surface area (TPSA) is 54.5 Å². The minimum Gasteiger partial charge on any atom is -0.375 e. The largest absolute Gasteiger partial charge is 0.375 e. The van der Waals surface area contributed by atoms with E-state index in [1.165, 1.54) is 0 Å². The summed E-state index contributed by atoms with van der Waals surface area (Å²) < 4.78 is 21.0. The predicted octanol–water partition coefficient (Wildman–Crippen LogP) is 3.76. The van der Waals surface area contributed by atoms with Crippen molar-refractivity contribution in [3.8, 4) is 11.1 Å². The number of pyridine rings is 1. The van der Waals surface area contributed by atoms with Crippen LogP contribution in [0.2, 0.25) is 0 Å². The second-order valence-electron chi connectivity index (χ2n) is 8.22. The van der Waals surface area contributed by atoms with Crippen LogP contribution >= 0.6 is 0 Å². The molecule has 0 spiro atoms. The Morgan fingerprint density at radius 3 is 2.62 bits per heavy atom. The molecule has 1 aromatic carbocycles. The molecule has 1 aliphatic heterocycles. The van der Waals surface area contributed by atoms with Crippen LogP contribution in [0.25, 0.3) is 11.1 Å². The summed E-state index contributed by atoms with van der Waals surface area (Å²) in [5.41, 5.74) is 4.65. The van der Waals surface area contributed by atoms with E-state index in [2.05, 4.69) is 15.2 Å². The number of morpholine rings is 1. The third kappa shape index (κ3) is 4.58. The van der Waals surface area contributed by atoms with Crippen LogP contribution < -0.4 is 10.2 Å².